The number of aromatic nitrogens is 1. The molecule has 0 saturated carbocycles. The number of alkyl halides is 3. The van der Waals surface area contributed by atoms with E-state index in [1.54, 1.807) is 6.92 Å². The van der Waals surface area contributed by atoms with Gasteiger partial charge in [-0.2, -0.15) is 13.2 Å². The molecule has 0 aromatic carbocycles. The minimum absolute atomic E-state index is 0.408. The summed E-state index contributed by atoms with van der Waals surface area (Å²) in [5, 5.41) is 9.40. The number of thiazole rings is 1. The predicted octanol–water partition coefficient (Wildman–Crippen LogP) is 1.92. The van der Waals surface area contributed by atoms with Crippen molar-refractivity contribution in [3.63, 3.8) is 0 Å². The van der Waals surface area contributed by atoms with Crippen molar-refractivity contribution in [2.45, 2.75) is 25.6 Å². The van der Waals surface area contributed by atoms with Gasteiger partial charge in [0.25, 0.3) is 0 Å². The summed E-state index contributed by atoms with van der Waals surface area (Å²) in [6.07, 6.45) is -5.88. The average Bonchev–Trinajstić information content (AvgIpc) is 2.33. The first-order chi connectivity index (χ1) is 5.89. The maximum Gasteiger partial charge on any atom is 0.414 e. The van der Waals surface area contributed by atoms with Crippen LogP contribution in [0.25, 0.3) is 0 Å². The van der Waals surface area contributed by atoms with E-state index in [-0.39, 0.29) is 0 Å². The Kier molecular flexibility index (Phi) is 2.92. The number of hydrogen-bond donors (Lipinski definition) is 1. The Bertz CT molecular complexity index is 284. The lowest BCUT2D eigenvalue weighted by molar-refractivity contribution is -0.202. The van der Waals surface area contributed by atoms with E-state index in [0.717, 1.165) is 11.3 Å². The van der Waals surface area contributed by atoms with Gasteiger partial charge in [-0.15, -0.1) is 11.3 Å². The van der Waals surface area contributed by atoms with E-state index in [4.69, 9.17) is 5.11 Å². The zero-order valence-electron chi connectivity index (χ0n) is 6.80. The first-order valence-corrected chi connectivity index (χ1v) is 4.37. The third kappa shape index (κ3) is 2.96. The standard InChI is InChI=1S/C7H8F3NOS/c1-4-11-3-5(13-4)2-6(12)7(8,9)10/h3,6,12H,2H2,1H3. The number of halogens is 3. The molecule has 0 spiro atoms. The van der Waals surface area contributed by atoms with Gasteiger partial charge in [-0.25, -0.2) is 4.98 Å². The van der Waals surface area contributed by atoms with Crippen LogP contribution in [0.1, 0.15) is 9.88 Å². The fourth-order valence-electron chi connectivity index (χ4n) is 0.806. The number of aliphatic hydroxyl groups is 1. The molecule has 0 saturated heterocycles. The van der Waals surface area contributed by atoms with Crippen LogP contribution < -0.4 is 0 Å². The van der Waals surface area contributed by atoms with E-state index in [2.05, 4.69) is 4.98 Å². The number of aliphatic hydroxyl groups excluding tert-OH is 1. The summed E-state index contributed by atoms with van der Waals surface area (Å²) in [4.78, 5) is 4.24. The van der Waals surface area contributed by atoms with Crippen molar-refractivity contribution in [1.82, 2.24) is 4.98 Å². The normalized spacial score (nSPS) is 14.5. The Morgan fingerprint density at radius 3 is 2.62 bits per heavy atom. The molecule has 1 N–H and O–H groups in total. The summed E-state index contributed by atoms with van der Waals surface area (Å²) in [5.41, 5.74) is 0. The van der Waals surface area contributed by atoms with Gasteiger partial charge < -0.3 is 5.11 Å². The van der Waals surface area contributed by atoms with Crippen molar-refractivity contribution < 1.29 is 18.3 Å². The second-order valence-corrected chi connectivity index (χ2v) is 3.93. The Balaban J connectivity index is 2.60. The lowest BCUT2D eigenvalue weighted by atomic mass is 10.2. The van der Waals surface area contributed by atoms with Gasteiger partial charge in [0.1, 0.15) is 0 Å². The monoisotopic (exact) mass is 211 g/mol. The van der Waals surface area contributed by atoms with E-state index in [1.807, 2.05) is 0 Å². The molecule has 0 aliphatic carbocycles. The second-order valence-electron chi connectivity index (χ2n) is 2.61. The Morgan fingerprint density at radius 1 is 1.62 bits per heavy atom. The molecule has 1 rings (SSSR count). The van der Waals surface area contributed by atoms with Crippen LogP contribution in [0.3, 0.4) is 0 Å². The molecule has 0 aliphatic heterocycles. The summed E-state index contributed by atoms with van der Waals surface area (Å²) >= 11 is 1.16. The zero-order valence-corrected chi connectivity index (χ0v) is 7.61. The maximum atomic E-state index is 11.9. The largest absolute Gasteiger partial charge is 0.414 e. The summed E-state index contributed by atoms with van der Waals surface area (Å²) in [7, 11) is 0. The molecule has 1 atom stereocenters. The van der Waals surface area contributed by atoms with E-state index < -0.39 is 18.7 Å². The van der Waals surface area contributed by atoms with Gasteiger partial charge in [0.05, 0.1) is 5.01 Å². The SMILES string of the molecule is Cc1ncc(CC(O)C(F)(F)F)s1. The van der Waals surface area contributed by atoms with Crippen molar-refractivity contribution in [3.8, 4) is 0 Å². The molecule has 74 valence electrons. The highest BCUT2D eigenvalue weighted by Gasteiger charge is 2.38. The number of nitrogens with zero attached hydrogens (tertiary/aromatic N) is 1. The van der Waals surface area contributed by atoms with Crippen LogP contribution in [0.4, 0.5) is 13.2 Å². The first kappa shape index (κ1) is 10.5. The zero-order chi connectivity index (χ0) is 10.1. The predicted molar refractivity (Wildman–Crippen MR) is 42.6 cm³/mol. The summed E-state index contributed by atoms with van der Waals surface area (Å²) < 4.78 is 35.6. The smallest absolute Gasteiger partial charge is 0.383 e. The van der Waals surface area contributed by atoms with Crippen LogP contribution in [-0.2, 0) is 6.42 Å². The van der Waals surface area contributed by atoms with Crippen LogP contribution in [0.15, 0.2) is 6.20 Å². The third-order valence-corrected chi connectivity index (χ3v) is 2.38. The molecule has 1 aromatic heterocycles. The molecule has 0 bridgehead atoms. The molecule has 0 aliphatic rings. The quantitative estimate of drug-likeness (QED) is 0.810. The molecular weight excluding hydrogens is 203 g/mol. The Hall–Kier alpha value is -0.620. The van der Waals surface area contributed by atoms with Gasteiger partial charge in [-0.3, -0.25) is 0 Å². The van der Waals surface area contributed by atoms with Gasteiger partial charge in [-0.1, -0.05) is 0 Å². The fourth-order valence-corrected chi connectivity index (χ4v) is 1.64. The number of hydrogen-bond acceptors (Lipinski definition) is 3. The van der Waals surface area contributed by atoms with Gasteiger partial charge >= 0.3 is 6.18 Å². The van der Waals surface area contributed by atoms with Crippen molar-refractivity contribution in [2.24, 2.45) is 0 Å². The van der Waals surface area contributed by atoms with Crippen LogP contribution in [0.2, 0.25) is 0 Å². The minimum Gasteiger partial charge on any atom is -0.383 e. The van der Waals surface area contributed by atoms with E-state index >= 15 is 0 Å². The second kappa shape index (κ2) is 3.63. The summed E-state index contributed by atoms with van der Waals surface area (Å²) in [6.45, 7) is 1.70. The lowest BCUT2D eigenvalue weighted by Gasteiger charge is -2.12. The molecule has 1 heterocycles. The van der Waals surface area contributed by atoms with Gasteiger partial charge in [-0.05, 0) is 6.92 Å². The molecule has 6 heteroatoms. The van der Waals surface area contributed by atoms with Crippen LogP contribution in [-0.4, -0.2) is 22.4 Å². The Morgan fingerprint density at radius 2 is 2.23 bits per heavy atom. The highest BCUT2D eigenvalue weighted by Crippen LogP contribution is 2.24. The molecule has 2 nitrogen and oxygen atoms in total. The molecule has 1 unspecified atom stereocenters. The maximum absolute atomic E-state index is 11.9. The fraction of sp³-hybridized carbons (Fsp3) is 0.571. The molecule has 1 aromatic rings. The van der Waals surface area contributed by atoms with Crippen LogP contribution in [0.5, 0.6) is 0 Å². The van der Waals surface area contributed by atoms with Crippen LogP contribution >= 0.6 is 11.3 Å². The number of aryl methyl sites for hydroxylation is 1. The van der Waals surface area contributed by atoms with Gasteiger partial charge in [0.15, 0.2) is 6.10 Å². The molecular formula is C7H8F3NOS. The summed E-state index contributed by atoms with van der Waals surface area (Å²) in [5.74, 6) is 0. The average molecular weight is 211 g/mol. The van der Waals surface area contributed by atoms with Crippen molar-refractivity contribution in [2.75, 3.05) is 0 Å². The highest BCUT2D eigenvalue weighted by atomic mass is 32.1. The van der Waals surface area contributed by atoms with Gasteiger partial charge in [0.2, 0.25) is 0 Å². The number of rotatable bonds is 2. The third-order valence-electron chi connectivity index (χ3n) is 1.44. The first-order valence-electron chi connectivity index (χ1n) is 3.55. The van der Waals surface area contributed by atoms with Crippen molar-refractivity contribution in [3.05, 3.63) is 16.1 Å². The van der Waals surface area contributed by atoms with Crippen molar-refractivity contribution >= 4 is 11.3 Å². The lowest BCUT2D eigenvalue weighted by Crippen LogP contribution is -2.30. The van der Waals surface area contributed by atoms with E-state index in [9.17, 15) is 13.2 Å². The van der Waals surface area contributed by atoms with Gasteiger partial charge in [0, 0.05) is 17.5 Å². The van der Waals surface area contributed by atoms with E-state index in [0.29, 0.717) is 9.88 Å². The summed E-state index contributed by atoms with van der Waals surface area (Å²) in [6, 6.07) is 0. The topological polar surface area (TPSA) is 33.1 Å². The van der Waals surface area contributed by atoms with Crippen molar-refractivity contribution in [1.29, 1.82) is 0 Å². The minimum atomic E-state index is -4.54. The van der Waals surface area contributed by atoms with E-state index in [1.165, 1.54) is 6.20 Å². The molecule has 0 amide bonds. The van der Waals surface area contributed by atoms with Crippen LogP contribution in [0, 0.1) is 6.92 Å². The molecule has 0 fully saturated rings. The highest BCUT2D eigenvalue weighted by molar-refractivity contribution is 7.11. The molecule has 13 heavy (non-hydrogen) atoms. The Labute approximate surface area is 77.0 Å². The molecule has 0 radical (unpaired) electrons.